The molecule has 1 aliphatic rings. The summed E-state index contributed by atoms with van der Waals surface area (Å²) in [4.78, 5) is 11.7. The highest BCUT2D eigenvalue weighted by molar-refractivity contribution is 4.95. The lowest BCUT2D eigenvalue weighted by molar-refractivity contribution is 0.174. The molecule has 2 N–H and O–H groups in total. The van der Waals surface area contributed by atoms with Crippen molar-refractivity contribution in [3.05, 3.63) is 28.7 Å². The summed E-state index contributed by atoms with van der Waals surface area (Å²) in [6.07, 6.45) is 7.12. The van der Waals surface area contributed by atoms with Crippen molar-refractivity contribution in [2.75, 3.05) is 6.54 Å². The molecule has 15 heavy (non-hydrogen) atoms. The van der Waals surface area contributed by atoms with E-state index in [0.29, 0.717) is 6.54 Å². The molecule has 4 nitrogen and oxygen atoms in total. The van der Waals surface area contributed by atoms with Crippen molar-refractivity contribution in [2.45, 2.75) is 37.6 Å². The van der Waals surface area contributed by atoms with Crippen molar-refractivity contribution in [2.24, 2.45) is 5.73 Å². The summed E-state index contributed by atoms with van der Waals surface area (Å²) in [5.41, 5.74) is 5.58. The van der Waals surface area contributed by atoms with E-state index >= 15 is 0 Å². The van der Waals surface area contributed by atoms with E-state index in [1.165, 1.54) is 6.42 Å². The Morgan fingerprint density at radius 1 is 1.40 bits per heavy atom. The Hall–Kier alpha value is -1.16. The molecule has 0 aromatic carbocycles. The van der Waals surface area contributed by atoms with Gasteiger partial charge in [0.25, 0.3) is 5.56 Å². The summed E-state index contributed by atoms with van der Waals surface area (Å²) >= 11 is 0. The molecule has 1 heterocycles. The third-order valence-electron chi connectivity index (χ3n) is 3.33. The molecule has 0 radical (unpaired) electrons. The second-order valence-corrected chi connectivity index (χ2v) is 4.26. The van der Waals surface area contributed by atoms with Gasteiger partial charge in [0.15, 0.2) is 0 Å². The van der Waals surface area contributed by atoms with E-state index in [0.717, 1.165) is 25.7 Å². The zero-order chi connectivity index (χ0) is 10.7. The van der Waals surface area contributed by atoms with Crippen molar-refractivity contribution in [1.82, 2.24) is 9.78 Å². The van der Waals surface area contributed by atoms with Crippen LogP contribution in [0.5, 0.6) is 0 Å². The summed E-state index contributed by atoms with van der Waals surface area (Å²) in [5.74, 6) is 0. The average Bonchev–Trinajstić information content (AvgIpc) is 2.30. The van der Waals surface area contributed by atoms with E-state index in [1.807, 2.05) is 0 Å². The van der Waals surface area contributed by atoms with Crippen molar-refractivity contribution >= 4 is 0 Å². The zero-order valence-corrected chi connectivity index (χ0v) is 8.85. The molecule has 2 rings (SSSR count). The smallest absolute Gasteiger partial charge is 0.267 e. The van der Waals surface area contributed by atoms with Gasteiger partial charge in [-0.2, -0.15) is 5.10 Å². The van der Waals surface area contributed by atoms with Gasteiger partial charge >= 0.3 is 0 Å². The number of nitrogens with two attached hydrogens (primary N) is 1. The lowest BCUT2D eigenvalue weighted by atomic mass is 9.82. The Bertz CT molecular complexity index is 379. The van der Waals surface area contributed by atoms with E-state index < -0.39 is 0 Å². The summed E-state index contributed by atoms with van der Waals surface area (Å²) < 4.78 is 1.59. The van der Waals surface area contributed by atoms with Gasteiger partial charge in [-0.05, 0) is 18.9 Å². The van der Waals surface area contributed by atoms with Crippen molar-refractivity contribution in [1.29, 1.82) is 0 Å². The van der Waals surface area contributed by atoms with Crippen LogP contribution in [0.4, 0.5) is 0 Å². The largest absolute Gasteiger partial charge is 0.328 e. The number of aromatic nitrogens is 2. The fraction of sp³-hybridized carbons (Fsp3) is 0.636. The lowest BCUT2D eigenvalue weighted by Crippen LogP contribution is -2.48. The fourth-order valence-electron chi connectivity index (χ4n) is 2.43. The number of nitrogens with zero attached hydrogens (tertiary/aromatic N) is 2. The summed E-state index contributed by atoms with van der Waals surface area (Å²) in [6.45, 7) is 0.504. The van der Waals surface area contributed by atoms with Crippen LogP contribution in [0.2, 0.25) is 0 Å². The topological polar surface area (TPSA) is 60.9 Å². The molecule has 0 unspecified atom stereocenters. The van der Waals surface area contributed by atoms with Crippen LogP contribution in [0, 0.1) is 0 Å². The number of hydrogen-bond donors (Lipinski definition) is 1. The third kappa shape index (κ3) is 1.81. The van der Waals surface area contributed by atoms with Gasteiger partial charge in [0, 0.05) is 18.8 Å². The SMILES string of the molecule is NCC1(n2ncccc2=O)CCCCC1. The van der Waals surface area contributed by atoms with E-state index in [9.17, 15) is 4.79 Å². The van der Waals surface area contributed by atoms with Crippen molar-refractivity contribution in [3.8, 4) is 0 Å². The van der Waals surface area contributed by atoms with Gasteiger partial charge in [-0.15, -0.1) is 0 Å². The second-order valence-electron chi connectivity index (χ2n) is 4.26. The van der Waals surface area contributed by atoms with Gasteiger partial charge in [-0.25, -0.2) is 4.68 Å². The number of rotatable bonds is 2. The molecule has 1 aromatic rings. The molecule has 1 aliphatic carbocycles. The average molecular weight is 207 g/mol. The summed E-state index contributed by atoms with van der Waals surface area (Å²) in [7, 11) is 0. The highest BCUT2D eigenvalue weighted by Crippen LogP contribution is 2.32. The van der Waals surface area contributed by atoms with E-state index in [1.54, 1.807) is 23.0 Å². The molecule has 0 bridgehead atoms. The van der Waals surface area contributed by atoms with Crippen molar-refractivity contribution in [3.63, 3.8) is 0 Å². The molecule has 4 heteroatoms. The van der Waals surface area contributed by atoms with Crippen LogP contribution >= 0.6 is 0 Å². The molecule has 82 valence electrons. The van der Waals surface area contributed by atoms with Gasteiger partial charge in [0.2, 0.25) is 0 Å². The van der Waals surface area contributed by atoms with E-state index in [-0.39, 0.29) is 11.1 Å². The monoisotopic (exact) mass is 207 g/mol. The molecular formula is C11H17N3O. The standard InChI is InChI=1S/C11H17N3O/c12-9-11(6-2-1-3-7-11)14-10(15)5-4-8-13-14/h4-5,8H,1-3,6-7,9,12H2. The summed E-state index contributed by atoms with van der Waals surface area (Å²) in [5, 5.41) is 4.17. The highest BCUT2D eigenvalue weighted by atomic mass is 16.1. The van der Waals surface area contributed by atoms with Gasteiger partial charge < -0.3 is 5.73 Å². The quantitative estimate of drug-likeness (QED) is 0.782. The van der Waals surface area contributed by atoms with Gasteiger partial charge in [0.05, 0.1) is 5.54 Å². The Labute approximate surface area is 89.1 Å². The minimum Gasteiger partial charge on any atom is -0.328 e. The van der Waals surface area contributed by atoms with Gasteiger partial charge in [-0.1, -0.05) is 19.3 Å². The Balaban J connectivity index is 2.41. The minimum absolute atomic E-state index is 0.0372. The normalized spacial score (nSPS) is 20.1. The van der Waals surface area contributed by atoms with Crippen LogP contribution in [0.1, 0.15) is 32.1 Å². The molecule has 1 saturated carbocycles. The lowest BCUT2D eigenvalue weighted by Gasteiger charge is -2.36. The van der Waals surface area contributed by atoms with Crippen molar-refractivity contribution < 1.29 is 0 Å². The third-order valence-corrected chi connectivity index (χ3v) is 3.33. The molecule has 0 saturated heterocycles. The number of hydrogen-bond acceptors (Lipinski definition) is 3. The van der Waals surface area contributed by atoms with Crippen LogP contribution in [0.25, 0.3) is 0 Å². The first-order chi connectivity index (χ1) is 7.28. The highest BCUT2D eigenvalue weighted by Gasteiger charge is 2.34. The first-order valence-electron chi connectivity index (χ1n) is 5.53. The zero-order valence-electron chi connectivity index (χ0n) is 8.85. The molecule has 0 aliphatic heterocycles. The Morgan fingerprint density at radius 3 is 2.73 bits per heavy atom. The molecule has 0 spiro atoms. The predicted molar refractivity (Wildman–Crippen MR) is 58.6 cm³/mol. The minimum atomic E-state index is -0.226. The molecule has 0 atom stereocenters. The first-order valence-corrected chi connectivity index (χ1v) is 5.53. The fourth-order valence-corrected chi connectivity index (χ4v) is 2.43. The maximum atomic E-state index is 11.7. The first kappa shape index (κ1) is 10.4. The van der Waals surface area contributed by atoms with Crippen LogP contribution < -0.4 is 11.3 Å². The molecule has 1 aromatic heterocycles. The molecule has 1 fully saturated rings. The van der Waals surface area contributed by atoms with Crippen LogP contribution in [0.15, 0.2) is 23.1 Å². The maximum absolute atomic E-state index is 11.7. The van der Waals surface area contributed by atoms with E-state index in [2.05, 4.69) is 5.10 Å². The maximum Gasteiger partial charge on any atom is 0.267 e. The second kappa shape index (κ2) is 4.14. The summed E-state index contributed by atoms with van der Waals surface area (Å²) in [6, 6.07) is 3.23. The van der Waals surface area contributed by atoms with Crippen LogP contribution in [-0.4, -0.2) is 16.3 Å². The predicted octanol–water partition coefficient (Wildman–Crippen LogP) is 0.861. The molecule has 0 amide bonds. The Kier molecular flexibility index (Phi) is 2.86. The van der Waals surface area contributed by atoms with Crippen LogP contribution in [-0.2, 0) is 5.54 Å². The van der Waals surface area contributed by atoms with Crippen LogP contribution in [0.3, 0.4) is 0 Å². The van der Waals surface area contributed by atoms with Gasteiger partial charge in [0.1, 0.15) is 0 Å². The molecular weight excluding hydrogens is 190 g/mol. The Morgan fingerprint density at radius 2 is 2.13 bits per heavy atom. The van der Waals surface area contributed by atoms with Gasteiger partial charge in [-0.3, -0.25) is 4.79 Å². The van der Waals surface area contributed by atoms with E-state index in [4.69, 9.17) is 5.73 Å².